The standard InChI is InChI=1S/C14H17BrN2O2/c15-11-3-1-2-10(8-11)14(19)17-12-6-4-9(5-7-12)13(16)18/h1-3,8-9,12H,4-7H2,(H2,16,18)(H,17,19). The molecule has 2 rings (SSSR count). The minimum atomic E-state index is -0.225. The number of benzene rings is 1. The predicted octanol–water partition coefficient (Wildman–Crippen LogP) is 2.22. The third kappa shape index (κ3) is 3.80. The van der Waals surface area contributed by atoms with Crippen LogP contribution in [-0.2, 0) is 4.79 Å². The van der Waals surface area contributed by atoms with Crippen LogP contribution >= 0.6 is 15.9 Å². The van der Waals surface area contributed by atoms with Gasteiger partial charge in [0.2, 0.25) is 5.91 Å². The zero-order valence-corrected chi connectivity index (χ0v) is 12.2. The molecule has 1 fully saturated rings. The Hall–Kier alpha value is -1.36. The van der Waals surface area contributed by atoms with Crippen molar-refractivity contribution in [1.82, 2.24) is 5.32 Å². The fourth-order valence-corrected chi connectivity index (χ4v) is 2.82. The Kier molecular flexibility index (Phi) is 4.58. The molecule has 0 unspecified atom stereocenters. The van der Waals surface area contributed by atoms with Gasteiger partial charge in [0.25, 0.3) is 5.91 Å². The van der Waals surface area contributed by atoms with Crippen molar-refractivity contribution in [1.29, 1.82) is 0 Å². The van der Waals surface area contributed by atoms with E-state index in [-0.39, 0.29) is 23.8 Å². The summed E-state index contributed by atoms with van der Waals surface area (Å²) in [5.74, 6) is -0.320. The van der Waals surface area contributed by atoms with E-state index in [0.717, 1.165) is 30.2 Å². The van der Waals surface area contributed by atoms with Gasteiger partial charge >= 0.3 is 0 Å². The Morgan fingerprint density at radius 2 is 1.89 bits per heavy atom. The first-order valence-corrected chi connectivity index (χ1v) is 7.21. The maximum absolute atomic E-state index is 12.1. The topological polar surface area (TPSA) is 72.2 Å². The van der Waals surface area contributed by atoms with Crippen molar-refractivity contribution in [3.63, 3.8) is 0 Å². The molecule has 1 saturated carbocycles. The predicted molar refractivity (Wildman–Crippen MR) is 76.5 cm³/mol. The van der Waals surface area contributed by atoms with Crippen LogP contribution < -0.4 is 11.1 Å². The number of carbonyl (C=O) groups excluding carboxylic acids is 2. The summed E-state index contributed by atoms with van der Waals surface area (Å²) in [4.78, 5) is 23.1. The molecule has 4 nitrogen and oxygen atoms in total. The maximum Gasteiger partial charge on any atom is 0.251 e. The minimum absolute atomic E-state index is 0.0287. The van der Waals surface area contributed by atoms with Gasteiger partial charge in [-0.1, -0.05) is 22.0 Å². The Labute approximate surface area is 120 Å². The smallest absolute Gasteiger partial charge is 0.251 e. The summed E-state index contributed by atoms with van der Waals surface area (Å²) >= 11 is 3.35. The van der Waals surface area contributed by atoms with Gasteiger partial charge in [0, 0.05) is 22.0 Å². The van der Waals surface area contributed by atoms with Crippen molar-refractivity contribution in [2.75, 3.05) is 0 Å². The molecule has 1 aromatic carbocycles. The highest BCUT2D eigenvalue weighted by Gasteiger charge is 2.25. The number of primary amides is 1. The highest BCUT2D eigenvalue weighted by molar-refractivity contribution is 9.10. The van der Waals surface area contributed by atoms with Crippen molar-refractivity contribution in [2.24, 2.45) is 11.7 Å². The third-order valence-electron chi connectivity index (χ3n) is 3.55. The van der Waals surface area contributed by atoms with Crippen molar-refractivity contribution in [3.8, 4) is 0 Å². The molecular formula is C14H17BrN2O2. The quantitative estimate of drug-likeness (QED) is 0.894. The highest BCUT2D eigenvalue weighted by atomic mass is 79.9. The summed E-state index contributed by atoms with van der Waals surface area (Å²) in [6.07, 6.45) is 3.15. The van der Waals surface area contributed by atoms with Gasteiger partial charge in [-0.3, -0.25) is 9.59 Å². The molecule has 2 amide bonds. The fraction of sp³-hybridized carbons (Fsp3) is 0.429. The molecule has 0 atom stereocenters. The second-order valence-electron chi connectivity index (χ2n) is 4.93. The lowest BCUT2D eigenvalue weighted by molar-refractivity contribution is -0.122. The lowest BCUT2D eigenvalue weighted by Gasteiger charge is -2.27. The number of amides is 2. The average Bonchev–Trinajstić information content (AvgIpc) is 2.39. The van der Waals surface area contributed by atoms with E-state index in [1.54, 1.807) is 12.1 Å². The van der Waals surface area contributed by atoms with Crippen LogP contribution in [0, 0.1) is 5.92 Å². The summed E-state index contributed by atoms with van der Waals surface area (Å²) in [6, 6.07) is 7.44. The van der Waals surface area contributed by atoms with E-state index < -0.39 is 0 Å². The van der Waals surface area contributed by atoms with E-state index in [1.165, 1.54) is 0 Å². The molecular weight excluding hydrogens is 308 g/mol. The molecule has 1 aliphatic carbocycles. The van der Waals surface area contributed by atoms with Crippen molar-refractivity contribution < 1.29 is 9.59 Å². The number of rotatable bonds is 3. The molecule has 0 aromatic heterocycles. The molecule has 0 aliphatic heterocycles. The summed E-state index contributed by atoms with van der Waals surface area (Å²) in [5.41, 5.74) is 5.93. The van der Waals surface area contributed by atoms with Gasteiger partial charge in [-0.2, -0.15) is 0 Å². The van der Waals surface area contributed by atoms with Crippen LogP contribution in [0.4, 0.5) is 0 Å². The molecule has 19 heavy (non-hydrogen) atoms. The molecule has 3 N–H and O–H groups in total. The van der Waals surface area contributed by atoms with E-state index in [2.05, 4.69) is 21.2 Å². The third-order valence-corrected chi connectivity index (χ3v) is 4.04. The van der Waals surface area contributed by atoms with Crippen molar-refractivity contribution in [2.45, 2.75) is 31.7 Å². The molecule has 102 valence electrons. The maximum atomic E-state index is 12.1. The second kappa shape index (κ2) is 6.19. The van der Waals surface area contributed by atoms with E-state index in [0.29, 0.717) is 5.56 Å². The van der Waals surface area contributed by atoms with Gasteiger partial charge in [-0.15, -0.1) is 0 Å². The van der Waals surface area contributed by atoms with Crippen LogP contribution in [0.15, 0.2) is 28.7 Å². The molecule has 0 spiro atoms. The van der Waals surface area contributed by atoms with Crippen LogP contribution in [0.3, 0.4) is 0 Å². The summed E-state index contributed by atoms with van der Waals surface area (Å²) < 4.78 is 0.887. The van der Waals surface area contributed by atoms with Crippen LogP contribution in [0.5, 0.6) is 0 Å². The molecule has 0 radical (unpaired) electrons. The summed E-state index contributed by atoms with van der Waals surface area (Å²) in [7, 11) is 0. The zero-order valence-electron chi connectivity index (χ0n) is 10.6. The fourth-order valence-electron chi connectivity index (χ4n) is 2.42. The van der Waals surface area contributed by atoms with Gasteiger partial charge in [-0.05, 0) is 43.9 Å². The van der Waals surface area contributed by atoms with Gasteiger partial charge in [-0.25, -0.2) is 0 Å². The zero-order chi connectivity index (χ0) is 13.8. The van der Waals surface area contributed by atoms with E-state index in [4.69, 9.17) is 5.73 Å². The van der Waals surface area contributed by atoms with Gasteiger partial charge in [0.15, 0.2) is 0 Å². The van der Waals surface area contributed by atoms with E-state index in [1.807, 2.05) is 12.1 Å². The van der Waals surface area contributed by atoms with E-state index in [9.17, 15) is 9.59 Å². The molecule has 0 bridgehead atoms. The van der Waals surface area contributed by atoms with Crippen molar-refractivity contribution in [3.05, 3.63) is 34.3 Å². The van der Waals surface area contributed by atoms with Crippen LogP contribution in [0.2, 0.25) is 0 Å². The molecule has 0 heterocycles. The number of nitrogens with two attached hydrogens (primary N) is 1. The monoisotopic (exact) mass is 324 g/mol. The van der Waals surface area contributed by atoms with Gasteiger partial charge in [0.1, 0.15) is 0 Å². The number of halogens is 1. The van der Waals surface area contributed by atoms with Crippen LogP contribution in [-0.4, -0.2) is 17.9 Å². The Morgan fingerprint density at radius 1 is 1.21 bits per heavy atom. The molecule has 0 saturated heterocycles. The van der Waals surface area contributed by atoms with Crippen LogP contribution in [0.1, 0.15) is 36.0 Å². The average molecular weight is 325 g/mol. The van der Waals surface area contributed by atoms with Crippen LogP contribution in [0.25, 0.3) is 0 Å². The summed E-state index contributed by atoms with van der Waals surface area (Å²) in [6.45, 7) is 0. The Balaban J connectivity index is 1.89. The first-order valence-electron chi connectivity index (χ1n) is 6.42. The second-order valence-corrected chi connectivity index (χ2v) is 5.85. The van der Waals surface area contributed by atoms with Gasteiger partial charge in [0.05, 0.1) is 0 Å². The van der Waals surface area contributed by atoms with E-state index >= 15 is 0 Å². The summed E-state index contributed by atoms with van der Waals surface area (Å²) in [5, 5.41) is 3.01. The Bertz CT molecular complexity index is 482. The number of hydrogen-bond acceptors (Lipinski definition) is 2. The lowest BCUT2D eigenvalue weighted by Crippen LogP contribution is -2.39. The number of carbonyl (C=O) groups is 2. The normalized spacial score (nSPS) is 22.8. The highest BCUT2D eigenvalue weighted by Crippen LogP contribution is 2.24. The first-order chi connectivity index (χ1) is 9.06. The molecule has 5 heteroatoms. The number of hydrogen-bond donors (Lipinski definition) is 2. The first kappa shape index (κ1) is 14.1. The SMILES string of the molecule is NC(=O)C1CCC(NC(=O)c2cccc(Br)c2)CC1. The number of nitrogens with one attached hydrogen (secondary N) is 1. The largest absolute Gasteiger partial charge is 0.369 e. The molecule has 1 aromatic rings. The van der Waals surface area contributed by atoms with Gasteiger partial charge < -0.3 is 11.1 Å². The molecule has 1 aliphatic rings. The minimum Gasteiger partial charge on any atom is -0.369 e. The lowest BCUT2D eigenvalue weighted by atomic mass is 9.85. The Morgan fingerprint density at radius 3 is 2.47 bits per heavy atom. The van der Waals surface area contributed by atoms with Crippen molar-refractivity contribution >= 4 is 27.7 Å².